The summed E-state index contributed by atoms with van der Waals surface area (Å²) in [7, 11) is 0. The highest BCUT2D eigenvalue weighted by molar-refractivity contribution is 4.72. The lowest BCUT2D eigenvalue weighted by Crippen LogP contribution is -2.31. The average molecular weight is 187 g/mol. The van der Waals surface area contributed by atoms with Gasteiger partial charge < -0.3 is 10.4 Å². The number of aliphatic hydroxyl groups excluding tert-OH is 1. The molecule has 0 aromatic heterocycles. The Kier molecular flexibility index (Phi) is 6.35. The summed E-state index contributed by atoms with van der Waals surface area (Å²) >= 11 is 0. The largest absolute Gasteiger partial charge is 0.396 e. The summed E-state index contributed by atoms with van der Waals surface area (Å²) in [5.74, 6) is 0.759. The minimum Gasteiger partial charge on any atom is -0.396 e. The number of hydrogen-bond donors (Lipinski definition) is 2. The predicted octanol–water partition coefficient (Wildman–Crippen LogP) is 2.03. The quantitative estimate of drug-likeness (QED) is 0.598. The van der Waals surface area contributed by atoms with Crippen molar-refractivity contribution in [3.05, 3.63) is 0 Å². The Morgan fingerprint density at radius 1 is 1.31 bits per heavy atom. The van der Waals surface area contributed by atoms with Crippen LogP contribution in [-0.2, 0) is 0 Å². The van der Waals surface area contributed by atoms with E-state index in [1.165, 1.54) is 6.42 Å². The van der Waals surface area contributed by atoms with Gasteiger partial charge in [-0.05, 0) is 30.7 Å². The summed E-state index contributed by atoms with van der Waals surface area (Å²) in [6.07, 6.45) is 2.11. The molecule has 0 atom stereocenters. The monoisotopic (exact) mass is 187 g/mol. The van der Waals surface area contributed by atoms with Gasteiger partial charge in [-0.3, -0.25) is 0 Å². The number of nitrogens with one attached hydrogen (secondary N) is 1. The molecule has 0 bridgehead atoms. The van der Waals surface area contributed by atoms with Crippen molar-refractivity contribution in [2.24, 2.45) is 11.3 Å². The normalized spacial score (nSPS) is 12.5. The van der Waals surface area contributed by atoms with Crippen LogP contribution in [0.5, 0.6) is 0 Å². The number of rotatable bonds is 7. The Bertz CT molecular complexity index is 121. The summed E-state index contributed by atoms with van der Waals surface area (Å²) in [6.45, 7) is 11.4. The van der Waals surface area contributed by atoms with Crippen LogP contribution in [0.4, 0.5) is 0 Å². The van der Waals surface area contributed by atoms with Crippen LogP contribution in [-0.4, -0.2) is 24.8 Å². The van der Waals surface area contributed by atoms with Crippen LogP contribution in [0.15, 0.2) is 0 Å². The zero-order chi connectivity index (χ0) is 10.3. The maximum Gasteiger partial charge on any atom is 0.0443 e. The van der Waals surface area contributed by atoms with Crippen LogP contribution in [0.25, 0.3) is 0 Å². The number of hydrogen-bond acceptors (Lipinski definition) is 2. The van der Waals surface area contributed by atoms with Crippen LogP contribution in [0.2, 0.25) is 0 Å². The minimum atomic E-state index is 0.289. The zero-order valence-corrected chi connectivity index (χ0v) is 9.56. The van der Waals surface area contributed by atoms with Crippen LogP contribution in [0.3, 0.4) is 0 Å². The Hall–Kier alpha value is -0.0800. The molecule has 0 saturated heterocycles. The van der Waals surface area contributed by atoms with Gasteiger partial charge in [0.25, 0.3) is 0 Å². The van der Waals surface area contributed by atoms with Gasteiger partial charge in [-0.25, -0.2) is 0 Å². The highest BCUT2D eigenvalue weighted by atomic mass is 16.3. The third kappa shape index (κ3) is 8.26. The first-order chi connectivity index (χ1) is 5.98. The maximum absolute atomic E-state index is 8.60. The molecular weight excluding hydrogens is 162 g/mol. The molecule has 0 saturated carbocycles. The van der Waals surface area contributed by atoms with E-state index in [0.29, 0.717) is 5.41 Å². The maximum atomic E-state index is 8.60. The van der Waals surface area contributed by atoms with Crippen molar-refractivity contribution >= 4 is 0 Å². The first kappa shape index (κ1) is 12.9. The molecule has 0 aromatic carbocycles. The van der Waals surface area contributed by atoms with Crippen molar-refractivity contribution in [1.82, 2.24) is 5.32 Å². The lowest BCUT2D eigenvalue weighted by molar-refractivity contribution is 0.257. The van der Waals surface area contributed by atoms with Gasteiger partial charge in [-0.2, -0.15) is 0 Å². The van der Waals surface area contributed by atoms with E-state index >= 15 is 0 Å². The molecule has 0 aliphatic carbocycles. The SMILES string of the molecule is CC(C)CC(C)(C)CNCCCO. The van der Waals surface area contributed by atoms with E-state index in [9.17, 15) is 0 Å². The highest BCUT2D eigenvalue weighted by Crippen LogP contribution is 2.23. The average Bonchev–Trinajstić information content (AvgIpc) is 1.95. The lowest BCUT2D eigenvalue weighted by atomic mass is 9.84. The van der Waals surface area contributed by atoms with Gasteiger partial charge in [0.05, 0.1) is 0 Å². The fourth-order valence-electron chi connectivity index (χ4n) is 1.81. The van der Waals surface area contributed by atoms with Crippen LogP contribution >= 0.6 is 0 Å². The smallest absolute Gasteiger partial charge is 0.0443 e. The van der Waals surface area contributed by atoms with Crippen molar-refractivity contribution in [2.45, 2.75) is 40.5 Å². The Morgan fingerprint density at radius 3 is 2.38 bits per heavy atom. The van der Waals surface area contributed by atoms with E-state index in [1.807, 2.05) is 0 Å². The van der Waals surface area contributed by atoms with Crippen molar-refractivity contribution < 1.29 is 5.11 Å². The van der Waals surface area contributed by atoms with Crippen molar-refractivity contribution in [3.63, 3.8) is 0 Å². The predicted molar refractivity (Wildman–Crippen MR) is 57.8 cm³/mol. The molecule has 0 amide bonds. The summed E-state index contributed by atoms with van der Waals surface area (Å²) in [5, 5.41) is 12.0. The summed E-state index contributed by atoms with van der Waals surface area (Å²) in [4.78, 5) is 0. The Balaban J connectivity index is 3.50. The van der Waals surface area contributed by atoms with E-state index < -0.39 is 0 Å². The van der Waals surface area contributed by atoms with E-state index in [0.717, 1.165) is 25.4 Å². The van der Waals surface area contributed by atoms with E-state index in [2.05, 4.69) is 33.0 Å². The molecule has 0 spiro atoms. The van der Waals surface area contributed by atoms with Gasteiger partial charge in [-0.1, -0.05) is 27.7 Å². The van der Waals surface area contributed by atoms with Gasteiger partial charge in [0, 0.05) is 13.2 Å². The molecule has 0 aliphatic rings. The number of aliphatic hydroxyl groups is 1. The third-order valence-electron chi connectivity index (χ3n) is 2.08. The Labute approximate surface area is 82.7 Å². The van der Waals surface area contributed by atoms with Gasteiger partial charge in [0.2, 0.25) is 0 Å². The molecule has 0 aliphatic heterocycles. The second-order valence-corrected chi connectivity index (χ2v) is 5.02. The van der Waals surface area contributed by atoms with E-state index in [1.54, 1.807) is 0 Å². The topological polar surface area (TPSA) is 32.3 Å². The highest BCUT2D eigenvalue weighted by Gasteiger charge is 2.18. The molecule has 13 heavy (non-hydrogen) atoms. The molecule has 2 heteroatoms. The Morgan fingerprint density at radius 2 is 1.92 bits per heavy atom. The minimum absolute atomic E-state index is 0.289. The first-order valence-corrected chi connectivity index (χ1v) is 5.29. The summed E-state index contributed by atoms with van der Waals surface area (Å²) < 4.78 is 0. The van der Waals surface area contributed by atoms with E-state index in [4.69, 9.17) is 5.11 Å². The fourth-order valence-corrected chi connectivity index (χ4v) is 1.81. The lowest BCUT2D eigenvalue weighted by Gasteiger charge is -2.27. The second-order valence-electron chi connectivity index (χ2n) is 5.02. The molecule has 0 fully saturated rings. The van der Waals surface area contributed by atoms with E-state index in [-0.39, 0.29) is 6.61 Å². The van der Waals surface area contributed by atoms with Crippen LogP contribution < -0.4 is 5.32 Å². The van der Waals surface area contributed by atoms with Crippen molar-refractivity contribution in [1.29, 1.82) is 0 Å². The second kappa shape index (κ2) is 6.39. The van der Waals surface area contributed by atoms with Crippen molar-refractivity contribution in [2.75, 3.05) is 19.7 Å². The van der Waals surface area contributed by atoms with Gasteiger partial charge in [-0.15, -0.1) is 0 Å². The van der Waals surface area contributed by atoms with Crippen LogP contribution in [0, 0.1) is 11.3 Å². The summed E-state index contributed by atoms with van der Waals surface area (Å²) in [5.41, 5.74) is 0.379. The molecule has 0 radical (unpaired) electrons. The molecule has 0 rings (SSSR count). The standard InChI is InChI=1S/C11H25NO/c1-10(2)8-11(3,4)9-12-6-5-7-13/h10,12-13H,5-9H2,1-4H3. The van der Waals surface area contributed by atoms with Gasteiger partial charge >= 0.3 is 0 Å². The molecule has 2 N–H and O–H groups in total. The summed E-state index contributed by atoms with van der Waals surface area (Å²) in [6, 6.07) is 0. The molecule has 0 heterocycles. The third-order valence-corrected chi connectivity index (χ3v) is 2.08. The first-order valence-electron chi connectivity index (χ1n) is 5.29. The molecular formula is C11H25NO. The molecule has 2 nitrogen and oxygen atoms in total. The zero-order valence-electron chi connectivity index (χ0n) is 9.56. The van der Waals surface area contributed by atoms with Gasteiger partial charge in [0.1, 0.15) is 0 Å². The van der Waals surface area contributed by atoms with Crippen LogP contribution in [0.1, 0.15) is 40.5 Å². The molecule has 0 unspecified atom stereocenters. The van der Waals surface area contributed by atoms with Crippen molar-refractivity contribution in [3.8, 4) is 0 Å². The van der Waals surface area contributed by atoms with Gasteiger partial charge in [0.15, 0.2) is 0 Å². The molecule has 0 aromatic rings. The molecule has 80 valence electrons. The fraction of sp³-hybridized carbons (Fsp3) is 1.00.